The molecule has 0 atom stereocenters. The zero-order valence-corrected chi connectivity index (χ0v) is 13.4. The minimum Gasteiger partial charge on any atom is -0.336 e. The molecule has 0 saturated carbocycles. The summed E-state index contributed by atoms with van der Waals surface area (Å²) < 4.78 is 13.1. The quantitative estimate of drug-likeness (QED) is 0.906. The monoisotopic (exact) mass is 327 g/mol. The number of urea groups is 1. The van der Waals surface area contributed by atoms with Gasteiger partial charge in [0, 0.05) is 37.8 Å². The Bertz CT molecular complexity index is 572. The molecule has 0 bridgehead atoms. The molecule has 1 fully saturated rings. The molecular weight excluding hydrogens is 309 g/mol. The molecule has 22 heavy (non-hydrogen) atoms. The Balaban J connectivity index is 1.95. The number of piperazine rings is 1. The lowest BCUT2D eigenvalue weighted by molar-refractivity contribution is 0.0664. The third-order valence-electron chi connectivity index (χ3n) is 3.43. The highest BCUT2D eigenvalue weighted by atomic mass is 35.5. The molecule has 0 aliphatic carbocycles. The largest absolute Gasteiger partial charge is 0.336 e. The summed E-state index contributed by atoms with van der Waals surface area (Å²) in [5.74, 6) is -0.751. The van der Waals surface area contributed by atoms with E-state index < -0.39 is 5.82 Å². The van der Waals surface area contributed by atoms with Crippen LogP contribution in [0.25, 0.3) is 0 Å². The molecule has 7 heteroatoms. The lowest BCUT2D eigenvalue weighted by Crippen LogP contribution is -2.54. The molecule has 0 radical (unpaired) electrons. The van der Waals surface area contributed by atoms with Crippen LogP contribution in [0.3, 0.4) is 0 Å². The highest BCUT2D eigenvalue weighted by molar-refractivity contribution is 6.31. The Morgan fingerprint density at radius 1 is 1.18 bits per heavy atom. The summed E-state index contributed by atoms with van der Waals surface area (Å²) in [6, 6.07) is 3.89. The van der Waals surface area contributed by atoms with Crippen LogP contribution in [0.5, 0.6) is 0 Å². The van der Waals surface area contributed by atoms with Crippen LogP contribution in [0.15, 0.2) is 18.2 Å². The van der Waals surface area contributed by atoms with E-state index in [1.807, 2.05) is 13.8 Å². The molecule has 1 N–H and O–H groups in total. The number of halogens is 2. The average Bonchev–Trinajstić information content (AvgIpc) is 2.49. The van der Waals surface area contributed by atoms with Gasteiger partial charge in [0.2, 0.25) is 0 Å². The number of amides is 3. The van der Waals surface area contributed by atoms with Gasteiger partial charge in [0.15, 0.2) is 0 Å². The number of carbonyl (C=O) groups is 2. The van der Waals surface area contributed by atoms with E-state index in [0.29, 0.717) is 31.7 Å². The second kappa shape index (κ2) is 6.96. The molecule has 0 aromatic heterocycles. The van der Waals surface area contributed by atoms with Crippen molar-refractivity contribution in [1.29, 1.82) is 0 Å². The Labute approximate surface area is 134 Å². The molecule has 1 aromatic carbocycles. The average molecular weight is 328 g/mol. The second-order valence-electron chi connectivity index (χ2n) is 5.51. The van der Waals surface area contributed by atoms with Gasteiger partial charge in [-0.25, -0.2) is 9.18 Å². The maximum absolute atomic E-state index is 13.1. The van der Waals surface area contributed by atoms with Crippen LogP contribution in [-0.4, -0.2) is 54.0 Å². The van der Waals surface area contributed by atoms with E-state index in [1.165, 1.54) is 18.2 Å². The number of carbonyl (C=O) groups excluding carboxylic acids is 2. The van der Waals surface area contributed by atoms with Crippen molar-refractivity contribution in [2.24, 2.45) is 0 Å². The summed E-state index contributed by atoms with van der Waals surface area (Å²) in [5, 5.41) is 2.76. The van der Waals surface area contributed by atoms with Crippen molar-refractivity contribution in [3.63, 3.8) is 0 Å². The van der Waals surface area contributed by atoms with E-state index in [0.717, 1.165) is 0 Å². The number of hydrogen-bond acceptors (Lipinski definition) is 2. The lowest BCUT2D eigenvalue weighted by Gasteiger charge is -2.35. The molecule has 2 rings (SSSR count). The van der Waals surface area contributed by atoms with Crippen LogP contribution in [0.2, 0.25) is 5.02 Å². The number of hydrogen-bond donors (Lipinski definition) is 1. The van der Waals surface area contributed by atoms with Crippen molar-refractivity contribution >= 4 is 23.5 Å². The van der Waals surface area contributed by atoms with Crippen LogP contribution in [0.4, 0.5) is 9.18 Å². The van der Waals surface area contributed by atoms with E-state index in [-0.39, 0.29) is 23.0 Å². The Hall–Kier alpha value is -1.82. The van der Waals surface area contributed by atoms with Crippen LogP contribution in [-0.2, 0) is 0 Å². The van der Waals surface area contributed by atoms with Gasteiger partial charge >= 0.3 is 6.03 Å². The highest BCUT2D eigenvalue weighted by Gasteiger charge is 2.25. The first-order chi connectivity index (χ1) is 10.4. The van der Waals surface area contributed by atoms with E-state index in [4.69, 9.17) is 11.6 Å². The molecule has 1 saturated heterocycles. The predicted octanol–water partition coefficient (Wildman–Crippen LogP) is 2.35. The van der Waals surface area contributed by atoms with Gasteiger partial charge in [0.25, 0.3) is 5.91 Å². The van der Waals surface area contributed by atoms with E-state index in [2.05, 4.69) is 5.32 Å². The van der Waals surface area contributed by atoms with Gasteiger partial charge in [-0.2, -0.15) is 0 Å². The summed E-state index contributed by atoms with van der Waals surface area (Å²) in [7, 11) is 0. The zero-order valence-electron chi connectivity index (χ0n) is 12.6. The first-order valence-electron chi connectivity index (χ1n) is 7.18. The van der Waals surface area contributed by atoms with E-state index in [9.17, 15) is 14.0 Å². The molecule has 0 spiro atoms. The predicted molar refractivity (Wildman–Crippen MR) is 82.6 cm³/mol. The molecule has 1 aliphatic heterocycles. The van der Waals surface area contributed by atoms with Crippen molar-refractivity contribution in [3.05, 3.63) is 34.6 Å². The van der Waals surface area contributed by atoms with Crippen molar-refractivity contribution in [2.75, 3.05) is 26.2 Å². The van der Waals surface area contributed by atoms with Gasteiger partial charge in [-0.1, -0.05) is 11.6 Å². The fourth-order valence-corrected chi connectivity index (χ4v) is 2.44. The van der Waals surface area contributed by atoms with Gasteiger partial charge in [0.05, 0.1) is 5.02 Å². The minimum absolute atomic E-state index is 0.0687. The van der Waals surface area contributed by atoms with Crippen LogP contribution in [0, 0.1) is 5.82 Å². The lowest BCUT2D eigenvalue weighted by atomic mass is 10.1. The van der Waals surface area contributed by atoms with Crippen molar-refractivity contribution in [2.45, 2.75) is 19.9 Å². The van der Waals surface area contributed by atoms with Gasteiger partial charge in [-0.15, -0.1) is 0 Å². The Morgan fingerprint density at radius 2 is 1.77 bits per heavy atom. The number of nitrogens with one attached hydrogen (secondary N) is 1. The first kappa shape index (κ1) is 16.5. The van der Waals surface area contributed by atoms with Gasteiger partial charge in [0.1, 0.15) is 5.82 Å². The summed E-state index contributed by atoms with van der Waals surface area (Å²) in [6.45, 7) is 5.63. The molecule has 120 valence electrons. The summed E-state index contributed by atoms with van der Waals surface area (Å²) >= 11 is 5.70. The summed E-state index contributed by atoms with van der Waals surface area (Å²) in [5.41, 5.74) is 0.353. The van der Waals surface area contributed by atoms with Crippen molar-refractivity contribution < 1.29 is 14.0 Å². The number of benzene rings is 1. The van der Waals surface area contributed by atoms with Crippen LogP contribution < -0.4 is 5.32 Å². The Morgan fingerprint density at radius 3 is 2.32 bits per heavy atom. The minimum atomic E-state index is -0.548. The molecule has 5 nitrogen and oxygen atoms in total. The number of nitrogens with zero attached hydrogens (tertiary/aromatic N) is 2. The van der Waals surface area contributed by atoms with Crippen LogP contribution in [0.1, 0.15) is 24.2 Å². The molecule has 3 amide bonds. The molecule has 1 aliphatic rings. The maximum Gasteiger partial charge on any atom is 0.317 e. The number of rotatable bonds is 2. The summed E-state index contributed by atoms with van der Waals surface area (Å²) in [4.78, 5) is 27.6. The van der Waals surface area contributed by atoms with Crippen molar-refractivity contribution in [1.82, 2.24) is 15.1 Å². The van der Waals surface area contributed by atoms with Gasteiger partial charge in [-0.3, -0.25) is 4.79 Å². The molecule has 1 aromatic rings. The fourth-order valence-electron chi connectivity index (χ4n) is 2.26. The normalized spacial score (nSPS) is 15.1. The van der Waals surface area contributed by atoms with E-state index >= 15 is 0 Å². The third-order valence-corrected chi connectivity index (χ3v) is 3.72. The molecular formula is C15H19ClFN3O2. The standard InChI is InChI=1S/C15H19ClFN3O2/c1-10(2)18-15(22)20-7-5-19(6-8-20)14(21)11-3-4-13(17)12(16)9-11/h3-4,9-10H,5-8H2,1-2H3,(H,18,22). The van der Waals surface area contributed by atoms with Crippen LogP contribution >= 0.6 is 11.6 Å². The first-order valence-corrected chi connectivity index (χ1v) is 7.56. The smallest absolute Gasteiger partial charge is 0.317 e. The van der Waals surface area contributed by atoms with Crippen molar-refractivity contribution in [3.8, 4) is 0 Å². The highest BCUT2D eigenvalue weighted by Crippen LogP contribution is 2.18. The Kier molecular flexibility index (Phi) is 5.24. The SMILES string of the molecule is CC(C)NC(=O)N1CCN(C(=O)c2ccc(F)c(Cl)c2)CC1. The zero-order chi connectivity index (χ0) is 16.3. The molecule has 1 heterocycles. The van der Waals surface area contributed by atoms with Gasteiger partial charge < -0.3 is 15.1 Å². The maximum atomic E-state index is 13.1. The van der Waals surface area contributed by atoms with Gasteiger partial charge in [-0.05, 0) is 32.0 Å². The summed E-state index contributed by atoms with van der Waals surface area (Å²) in [6.07, 6.45) is 0. The molecule has 0 unspecified atom stereocenters. The fraction of sp³-hybridized carbons (Fsp3) is 0.467. The third kappa shape index (κ3) is 3.88. The topological polar surface area (TPSA) is 52.7 Å². The second-order valence-corrected chi connectivity index (χ2v) is 5.92. The van der Waals surface area contributed by atoms with E-state index in [1.54, 1.807) is 9.80 Å².